The lowest BCUT2D eigenvalue weighted by molar-refractivity contribution is -0.376. The number of hydrogen-bond donors (Lipinski definition) is 1. The number of carbonyl (C=O) groups is 1. The van der Waals surface area contributed by atoms with E-state index in [2.05, 4.69) is 5.16 Å². The monoisotopic (exact) mass is 396 g/mol. The first-order valence-corrected chi connectivity index (χ1v) is 7.36. The molecule has 0 unspecified atom stereocenters. The zero-order valence-electron chi connectivity index (χ0n) is 14.2. The molecule has 0 saturated carbocycles. The van der Waals surface area contributed by atoms with Gasteiger partial charge in [-0.15, -0.1) is 0 Å². The van der Waals surface area contributed by atoms with E-state index in [9.17, 15) is 36.2 Å². The topological polar surface area (TPSA) is 66.6 Å². The van der Waals surface area contributed by atoms with Crippen molar-refractivity contribution in [2.75, 3.05) is 14.1 Å². The summed E-state index contributed by atoms with van der Waals surface area (Å²) in [6.07, 6.45) is -12.0. The first kappa shape index (κ1) is 20.7. The van der Waals surface area contributed by atoms with Crippen molar-refractivity contribution in [3.05, 3.63) is 41.3 Å². The van der Waals surface area contributed by atoms with E-state index in [0.717, 1.165) is 12.1 Å². The van der Waals surface area contributed by atoms with Crippen molar-refractivity contribution in [3.8, 4) is 11.1 Å². The van der Waals surface area contributed by atoms with Crippen LogP contribution in [-0.4, -0.2) is 47.5 Å². The number of aryl methyl sites for hydroxylation is 1. The van der Waals surface area contributed by atoms with Crippen molar-refractivity contribution in [3.63, 3.8) is 0 Å². The summed E-state index contributed by atoms with van der Waals surface area (Å²) in [5, 5.41) is 13.0. The first-order chi connectivity index (χ1) is 12.2. The van der Waals surface area contributed by atoms with Crippen LogP contribution in [0.1, 0.15) is 21.8 Å². The number of hydrogen-bond acceptors (Lipinski definition) is 4. The molecule has 0 aliphatic heterocycles. The molecule has 1 N–H and O–H groups in total. The maximum atomic E-state index is 12.9. The molecule has 27 heavy (non-hydrogen) atoms. The highest BCUT2D eigenvalue weighted by molar-refractivity contribution is 5.99. The van der Waals surface area contributed by atoms with Crippen molar-refractivity contribution < 1.29 is 40.8 Å². The molecule has 0 saturated heterocycles. The minimum absolute atomic E-state index is 0.106. The molecule has 0 bridgehead atoms. The summed E-state index contributed by atoms with van der Waals surface area (Å²) < 4.78 is 82.5. The molecule has 0 spiro atoms. The molecule has 0 aliphatic carbocycles. The molecule has 1 aromatic heterocycles. The molecule has 148 valence electrons. The van der Waals surface area contributed by atoms with E-state index in [4.69, 9.17) is 4.52 Å². The summed E-state index contributed by atoms with van der Waals surface area (Å²) in [6, 6.07) is 2.83. The van der Waals surface area contributed by atoms with Crippen LogP contribution in [0.2, 0.25) is 0 Å². The lowest BCUT2D eigenvalue weighted by Gasteiger charge is -2.32. The summed E-state index contributed by atoms with van der Waals surface area (Å²) in [6.45, 7) is 1.43. The van der Waals surface area contributed by atoms with Gasteiger partial charge in [0, 0.05) is 19.7 Å². The summed E-state index contributed by atoms with van der Waals surface area (Å²) in [5.41, 5.74) is -6.34. The van der Waals surface area contributed by atoms with E-state index < -0.39 is 29.4 Å². The Morgan fingerprint density at radius 2 is 1.52 bits per heavy atom. The largest absolute Gasteiger partial charge is 0.430 e. The van der Waals surface area contributed by atoms with Gasteiger partial charge in [-0.25, -0.2) is 0 Å². The second kappa shape index (κ2) is 6.55. The van der Waals surface area contributed by atoms with Gasteiger partial charge < -0.3 is 14.5 Å². The zero-order valence-corrected chi connectivity index (χ0v) is 14.2. The fourth-order valence-corrected chi connectivity index (χ4v) is 2.44. The van der Waals surface area contributed by atoms with Gasteiger partial charge in [-0.3, -0.25) is 4.79 Å². The summed E-state index contributed by atoms with van der Waals surface area (Å²) in [4.78, 5) is 13.3. The molecule has 1 amide bonds. The van der Waals surface area contributed by atoms with Crippen molar-refractivity contribution in [2.45, 2.75) is 24.9 Å². The van der Waals surface area contributed by atoms with Crippen molar-refractivity contribution >= 4 is 5.91 Å². The van der Waals surface area contributed by atoms with Crippen LogP contribution >= 0.6 is 0 Å². The summed E-state index contributed by atoms with van der Waals surface area (Å²) in [5.74, 6) is -0.414. The average Bonchev–Trinajstić information content (AvgIpc) is 2.92. The van der Waals surface area contributed by atoms with E-state index in [1.165, 1.54) is 25.9 Å². The Kier molecular flexibility index (Phi) is 5.04. The molecule has 0 fully saturated rings. The van der Waals surface area contributed by atoms with Gasteiger partial charge in [0.25, 0.3) is 11.5 Å². The number of aromatic nitrogens is 1. The van der Waals surface area contributed by atoms with Crippen molar-refractivity contribution in [2.24, 2.45) is 0 Å². The summed E-state index contributed by atoms with van der Waals surface area (Å²) in [7, 11) is 2.87. The van der Waals surface area contributed by atoms with Crippen molar-refractivity contribution in [1.29, 1.82) is 0 Å². The third kappa shape index (κ3) is 3.38. The highest BCUT2D eigenvalue weighted by Gasteiger charge is 2.71. The first-order valence-electron chi connectivity index (χ1n) is 7.36. The Hall–Kier alpha value is -2.56. The molecule has 0 atom stereocenters. The minimum atomic E-state index is -5.98. The highest BCUT2D eigenvalue weighted by Crippen LogP contribution is 2.50. The minimum Gasteiger partial charge on any atom is -0.369 e. The van der Waals surface area contributed by atoms with Gasteiger partial charge >= 0.3 is 12.4 Å². The summed E-state index contributed by atoms with van der Waals surface area (Å²) >= 11 is 0. The SMILES string of the molecule is Cc1onc(C(=O)N(C)C)c1-c1ccc(C(O)(C(F)(F)F)C(F)(F)F)cc1. The molecule has 11 heteroatoms. The number of carbonyl (C=O) groups excluding carboxylic acids is 1. The van der Waals surface area contributed by atoms with Gasteiger partial charge in [0.05, 0.1) is 5.56 Å². The predicted octanol–water partition coefficient (Wildman–Crippen LogP) is 3.66. The van der Waals surface area contributed by atoms with Gasteiger partial charge in [-0.05, 0) is 12.5 Å². The Morgan fingerprint density at radius 1 is 1.04 bits per heavy atom. The van der Waals surface area contributed by atoms with Gasteiger partial charge in [-0.2, -0.15) is 26.3 Å². The van der Waals surface area contributed by atoms with E-state index in [1.54, 1.807) is 0 Å². The zero-order chi connectivity index (χ0) is 20.8. The van der Waals surface area contributed by atoms with Crippen LogP contribution in [0.15, 0.2) is 28.8 Å². The fourth-order valence-electron chi connectivity index (χ4n) is 2.44. The van der Waals surface area contributed by atoms with Crippen LogP contribution in [0.3, 0.4) is 0 Å². The molecule has 1 heterocycles. The quantitative estimate of drug-likeness (QED) is 0.805. The standard InChI is InChI=1S/C16H14F6N2O3/c1-8-11(12(23-27-8)13(25)24(2)3)9-4-6-10(7-5-9)14(26,15(17,18)19)16(20,21)22/h4-7,26H,1-3H3. The molecule has 0 aliphatic rings. The van der Waals surface area contributed by atoms with Crippen LogP contribution in [0.5, 0.6) is 0 Å². The maximum Gasteiger partial charge on any atom is 0.430 e. The number of aliphatic hydroxyl groups is 1. The van der Waals surface area contributed by atoms with Crippen LogP contribution in [-0.2, 0) is 5.60 Å². The van der Waals surface area contributed by atoms with Crippen LogP contribution in [0.4, 0.5) is 26.3 Å². The molecular formula is C16H14F6N2O3. The molecule has 1 aromatic carbocycles. The molecular weight excluding hydrogens is 382 g/mol. The fraction of sp³-hybridized carbons (Fsp3) is 0.375. The smallest absolute Gasteiger partial charge is 0.369 e. The Labute approximate surface area is 149 Å². The van der Waals surface area contributed by atoms with Gasteiger partial charge in [-0.1, -0.05) is 29.4 Å². The number of benzene rings is 1. The van der Waals surface area contributed by atoms with Crippen molar-refractivity contribution in [1.82, 2.24) is 10.1 Å². The normalized spacial score (nSPS) is 13.0. The highest BCUT2D eigenvalue weighted by atomic mass is 19.4. The molecule has 5 nitrogen and oxygen atoms in total. The number of alkyl halides is 6. The maximum absolute atomic E-state index is 12.9. The average molecular weight is 396 g/mol. The Balaban J connectivity index is 2.57. The number of halogens is 6. The van der Waals surface area contributed by atoms with E-state index >= 15 is 0 Å². The third-order valence-corrected chi connectivity index (χ3v) is 3.88. The number of nitrogens with zero attached hydrogens (tertiary/aromatic N) is 2. The Morgan fingerprint density at radius 3 is 1.93 bits per heavy atom. The lowest BCUT2D eigenvalue weighted by atomic mass is 9.90. The number of rotatable bonds is 3. The predicted molar refractivity (Wildman–Crippen MR) is 80.7 cm³/mol. The third-order valence-electron chi connectivity index (χ3n) is 3.88. The van der Waals surface area contributed by atoms with Gasteiger partial charge in [0.2, 0.25) is 0 Å². The van der Waals surface area contributed by atoms with Crippen LogP contribution in [0, 0.1) is 6.92 Å². The number of amides is 1. The Bertz CT molecular complexity index is 823. The lowest BCUT2D eigenvalue weighted by Crippen LogP contribution is -2.53. The van der Waals surface area contributed by atoms with Crippen LogP contribution < -0.4 is 0 Å². The molecule has 2 rings (SSSR count). The second-order valence-corrected chi connectivity index (χ2v) is 5.95. The van der Waals surface area contributed by atoms with E-state index in [-0.39, 0.29) is 22.6 Å². The van der Waals surface area contributed by atoms with Gasteiger partial charge in [0.15, 0.2) is 5.69 Å². The van der Waals surface area contributed by atoms with E-state index in [0.29, 0.717) is 12.1 Å². The molecule has 0 radical (unpaired) electrons. The second-order valence-electron chi connectivity index (χ2n) is 5.95. The molecule has 2 aromatic rings. The van der Waals surface area contributed by atoms with Gasteiger partial charge in [0.1, 0.15) is 5.76 Å². The van der Waals surface area contributed by atoms with Crippen LogP contribution in [0.25, 0.3) is 11.1 Å². The van der Waals surface area contributed by atoms with E-state index in [1.807, 2.05) is 0 Å².